The number of amides is 1. The normalized spacial score (nSPS) is 20.0. The van der Waals surface area contributed by atoms with E-state index in [2.05, 4.69) is 17.0 Å². The number of hydrogen-bond acceptors (Lipinski definition) is 6. The van der Waals surface area contributed by atoms with Gasteiger partial charge in [-0.3, -0.25) is 9.69 Å². The highest BCUT2D eigenvalue weighted by molar-refractivity contribution is 5.76. The number of carboxylic acid groups (broad SMARTS) is 1. The van der Waals surface area contributed by atoms with E-state index in [-0.39, 0.29) is 24.2 Å². The fraction of sp³-hybridized carbons (Fsp3) is 0.619. The molecule has 1 aromatic carbocycles. The number of carboxylic acids is 1. The van der Waals surface area contributed by atoms with E-state index in [4.69, 9.17) is 24.1 Å². The first kappa shape index (κ1) is 25.9. The van der Waals surface area contributed by atoms with Gasteiger partial charge in [-0.05, 0) is 24.1 Å². The van der Waals surface area contributed by atoms with Crippen molar-refractivity contribution < 1.29 is 42.1 Å². The Kier molecular flexibility index (Phi) is 8.88. The predicted molar refractivity (Wildman–Crippen MR) is 108 cm³/mol. The molecule has 1 N–H and O–H groups in total. The van der Waals surface area contributed by atoms with Gasteiger partial charge in [-0.15, -0.1) is 0 Å². The second-order valence-corrected chi connectivity index (χ2v) is 8.04. The number of carbonyl (C=O) groups excluding carboxylic acids is 1. The van der Waals surface area contributed by atoms with E-state index < -0.39 is 12.1 Å². The molecule has 8 nitrogen and oxygen atoms in total. The number of aliphatic carboxylic acids is 1. The quantitative estimate of drug-likeness (QED) is 0.693. The molecule has 2 heterocycles. The molecule has 2 aliphatic heterocycles. The zero-order valence-electron chi connectivity index (χ0n) is 18.4. The highest BCUT2D eigenvalue weighted by atomic mass is 19.4. The Hall–Kier alpha value is -2.37. The third kappa shape index (κ3) is 7.64. The van der Waals surface area contributed by atoms with Crippen LogP contribution in [0.2, 0.25) is 0 Å². The van der Waals surface area contributed by atoms with Crippen LogP contribution in [0.5, 0.6) is 5.75 Å². The van der Waals surface area contributed by atoms with Gasteiger partial charge >= 0.3 is 12.1 Å². The molecular weight excluding hydrogens is 433 g/mol. The topological polar surface area (TPSA) is 88.5 Å². The largest absolute Gasteiger partial charge is 0.497 e. The van der Waals surface area contributed by atoms with Crippen molar-refractivity contribution in [1.29, 1.82) is 0 Å². The van der Waals surface area contributed by atoms with Gasteiger partial charge in [0.1, 0.15) is 12.4 Å². The lowest BCUT2D eigenvalue weighted by Crippen LogP contribution is -2.65. The lowest BCUT2D eigenvalue weighted by Gasteiger charge is -2.53. The number of hydrogen-bond donors (Lipinski definition) is 1. The third-order valence-electron chi connectivity index (χ3n) is 5.22. The molecule has 0 bridgehead atoms. The number of benzene rings is 1. The summed E-state index contributed by atoms with van der Waals surface area (Å²) in [6, 6.07) is 8.19. The van der Waals surface area contributed by atoms with Crippen molar-refractivity contribution in [2.45, 2.75) is 37.3 Å². The Labute approximate surface area is 184 Å². The van der Waals surface area contributed by atoms with Crippen molar-refractivity contribution in [3.63, 3.8) is 0 Å². The molecule has 180 valence electrons. The highest BCUT2D eigenvalue weighted by Gasteiger charge is 2.47. The van der Waals surface area contributed by atoms with Crippen LogP contribution in [0.1, 0.15) is 18.4 Å². The number of ether oxygens (including phenoxy) is 3. The third-order valence-corrected chi connectivity index (χ3v) is 5.22. The Morgan fingerprint density at radius 1 is 1.25 bits per heavy atom. The maximum absolute atomic E-state index is 11.7. The van der Waals surface area contributed by atoms with Crippen LogP contribution in [0.3, 0.4) is 0 Å². The molecule has 0 aliphatic carbocycles. The average molecular weight is 462 g/mol. The first-order valence-corrected chi connectivity index (χ1v) is 10.1. The summed E-state index contributed by atoms with van der Waals surface area (Å²) in [5.74, 6) is -1.87. The van der Waals surface area contributed by atoms with E-state index in [0.29, 0.717) is 6.61 Å². The lowest BCUT2D eigenvalue weighted by atomic mass is 9.84. The Morgan fingerprint density at radius 2 is 1.84 bits per heavy atom. The van der Waals surface area contributed by atoms with Gasteiger partial charge in [-0.25, -0.2) is 4.79 Å². The van der Waals surface area contributed by atoms with Gasteiger partial charge in [0.05, 0.1) is 18.8 Å². The molecule has 2 fully saturated rings. The molecule has 0 saturated carbocycles. The molecular formula is C21H29F3N2O6. The smallest absolute Gasteiger partial charge is 0.490 e. The molecule has 1 atom stereocenters. The first-order valence-electron chi connectivity index (χ1n) is 10.1. The van der Waals surface area contributed by atoms with Crippen molar-refractivity contribution in [1.82, 2.24) is 9.80 Å². The fourth-order valence-electron chi connectivity index (χ4n) is 3.53. The monoisotopic (exact) mass is 462 g/mol. The number of carbonyl (C=O) groups is 2. The van der Waals surface area contributed by atoms with Crippen molar-refractivity contribution in [2.75, 3.05) is 47.5 Å². The molecule has 11 heteroatoms. The maximum atomic E-state index is 11.7. The molecule has 3 rings (SSSR count). The molecule has 1 spiro atoms. The summed E-state index contributed by atoms with van der Waals surface area (Å²) < 4.78 is 48.8. The molecule has 0 aromatic heterocycles. The van der Waals surface area contributed by atoms with E-state index in [9.17, 15) is 18.0 Å². The second kappa shape index (κ2) is 11.0. The van der Waals surface area contributed by atoms with Gasteiger partial charge in [0, 0.05) is 46.8 Å². The number of alkyl halides is 3. The Balaban J connectivity index is 0.000000451. The minimum absolute atomic E-state index is 0.00952. The molecule has 32 heavy (non-hydrogen) atoms. The van der Waals surface area contributed by atoms with Crippen LogP contribution < -0.4 is 4.74 Å². The zero-order valence-corrected chi connectivity index (χ0v) is 18.4. The molecule has 1 unspecified atom stereocenters. The minimum atomic E-state index is -5.08. The van der Waals surface area contributed by atoms with Crippen LogP contribution in [-0.2, 0) is 25.6 Å². The van der Waals surface area contributed by atoms with Gasteiger partial charge in [-0.2, -0.15) is 13.2 Å². The number of rotatable bonds is 6. The van der Waals surface area contributed by atoms with Crippen LogP contribution in [0.15, 0.2) is 24.3 Å². The SMILES string of the molecule is COc1ccc(CN2CC3(CC(OCC(=O)N(C)C)CCO3)C2)cc1.O=C(O)C(F)(F)F. The van der Waals surface area contributed by atoms with Gasteiger partial charge in [0.25, 0.3) is 0 Å². The summed E-state index contributed by atoms with van der Waals surface area (Å²) in [5, 5.41) is 7.12. The molecule has 0 radical (unpaired) electrons. The van der Waals surface area contributed by atoms with Gasteiger partial charge in [-0.1, -0.05) is 12.1 Å². The second-order valence-electron chi connectivity index (χ2n) is 8.04. The highest BCUT2D eigenvalue weighted by Crippen LogP contribution is 2.36. The fourth-order valence-corrected chi connectivity index (χ4v) is 3.53. The number of methoxy groups -OCH3 is 1. The van der Waals surface area contributed by atoms with Crippen molar-refractivity contribution in [3.8, 4) is 5.75 Å². The van der Waals surface area contributed by atoms with Crippen molar-refractivity contribution in [2.24, 2.45) is 0 Å². The summed E-state index contributed by atoms with van der Waals surface area (Å²) >= 11 is 0. The van der Waals surface area contributed by atoms with Crippen LogP contribution >= 0.6 is 0 Å². The summed E-state index contributed by atoms with van der Waals surface area (Å²) in [4.78, 5) is 24.5. The summed E-state index contributed by atoms with van der Waals surface area (Å²) in [7, 11) is 5.18. The standard InChI is InChI=1S/C19H28N2O4.C2HF3O2/c1-20(2)18(22)12-24-17-8-9-25-19(10-17)13-21(14-19)11-15-4-6-16(23-3)7-5-15;3-2(4,5)1(6)7/h4-7,17H,8-14H2,1-3H3;(H,6,7). The molecule has 2 saturated heterocycles. The van der Waals surface area contributed by atoms with Crippen LogP contribution in [0.25, 0.3) is 0 Å². The van der Waals surface area contributed by atoms with Gasteiger partial charge in [0.2, 0.25) is 5.91 Å². The Bertz CT molecular complexity index is 764. The molecule has 1 aromatic rings. The predicted octanol–water partition coefficient (Wildman–Crippen LogP) is 2.17. The van der Waals surface area contributed by atoms with E-state index in [1.165, 1.54) is 5.56 Å². The van der Waals surface area contributed by atoms with E-state index in [1.54, 1.807) is 26.1 Å². The lowest BCUT2D eigenvalue weighted by molar-refractivity contribution is -0.200. The maximum Gasteiger partial charge on any atom is 0.490 e. The summed E-state index contributed by atoms with van der Waals surface area (Å²) in [6.45, 7) is 3.61. The number of nitrogens with zero attached hydrogens (tertiary/aromatic N) is 2. The minimum Gasteiger partial charge on any atom is -0.497 e. The van der Waals surface area contributed by atoms with Crippen LogP contribution in [-0.4, -0.2) is 92.2 Å². The van der Waals surface area contributed by atoms with Crippen molar-refractivity contribution >= 4 is 11.9 Å². The van der Waals surface area contributed by atoms with Crippen LogP contribution in [0.4, 0.5) is 13.2 Å². The van der Waals surface area contributed by atoms with Crippen molar-refractivity contribution in [3.05, 3.63) is 29.8 Å². The first-order chi connectivity index (χ1) is 14.9. The molecule has 2 aliphatic rings. The van der Waals surface area contributed by atoms with E-state index in [0.717, 1.165) is 38.2 Å². The number of halogens is 3. The van der Waals surface area contributed by atoms with Gasteiger partial charge < -0.3 is 24.2 Å². The van der Waals surface area contributed by atoms with Gasteiger partial charge in [0.15, 0.2) is 0 Å². The average Bonchev–Trinajstić information content (AvgIpc) is 2.71. The van der Waals surface area contributed by atoms with E-state index in [1.807, 2.05) is 12.1 Å². The van der Waals surface area contributed by atoms with E-state index >= 15 is 0 Å². The number of likely N-dealkylation sites (N-methyl/N-ethyl adjacent to an activating group) is 1. The summed E-state index contributed by atoms with van der Waals surface area (Å²) in [6.07, 6.45) is -3.24. The Morgan fingerprint density at radius 3 is 2.34 bits per heavy atom. The summed E-state index contributed by atoms with van der Waals surface area (Å²) in [5.41, 5.74) is 1.17. The zero-order chi connectivity index (χ0) is 23.9. The molecule has 1 amide bonds. The van der Waals surface area contributed by atoms with Crippen LogP contribution in [0, 0.1) is 0 Å². The number of likely N-dealkylation sites (tertiary alicyclic amines) is 1.